The maximum absolute atomic E-state index is 5.80. The van der Waals surface area contributed by atoms with Gasteiger partial charge in [0.2, 0.25) is 0 Å². The van der Waals surface area contributed by atoms with Crippen molar-refractivity contribution in [3.8, 4) is 5.75 Å². The Bertz CT molecular complexity index is 393. The van der Waals surface area contributed by atoms with Gasteiger partial charge in [-0.1, -0.05) is 6.07 Å². The van der Waals surface area contributed by atoms with Crippen molar-refractivity contribution in [2.45, 2.75) is 52.0 Å². The fraction of sp³-hybridized carbons (Fsp3) is 0.625. The summed E-state index contributed by atoms with van der Waals surface area (Å²) in [7, 11) is 0. The second-order valence-corrected chi connectivity index (χ2v) is 6.16. The Hall–Kier alpha value is -1.02. The normalized spacial score (nSPS) is 15.3. The van der Waals surface area contributed by atoms with Crippen LogP contribution >= 0.6 is 0 Å². The minimum Gasteiger partial charge on any atom is -0.492 e. The largest absolute Gasteiger partial charge is 0.492 e. The van der Waals surface area contributed by atoms with Gasteiger partial charge < -0.3 is 10.1 Å². The van der Waals surface area contributed by atoms with Crippen molar-refractivity contribution < 1.29 is 4.74 Å². The van der Waals surface area contributed by atoms with E-state index in [0.29, 0.717) is 0 Å². The molecule has 1 aromatic rings. The minimum atomic E-state index is 0.166. The molecule has 0 saturated carbocycles. The highest BCUT2D eigenvalue weighted by molar-refractivity contribution is 5.37. The third kappa shape index (κ3) is 4.02. The minimum absolute atomic E-state index is 0.166. The zero-order valence-corrected chi connectivity index (χ0v) is 11.9. The van der Waals surface area contributed by atoms with Crippen LogP contribution in [0.5, 0.6) is 5.75 Å². The van der Waals surface area contributed by atoms with E-state index in [1.54, 1.807) is 0 Å². The Balaban J connectivity index is 1.83. The zero-order chi connectivity index (χ0) is 13.0. The van der Waals surface area contributed by atoms with Gasteiger partial charge in [0.25, 0.3) is 0 Å². The summed E-state index contributed by atoms with van der Waals surface area (Å²) >= 11 is 0. The first-order valence-corrected chi connectivity index (χ1v) is 7.04. The quantitative estimate of drug-likeness (QED) is 0.824. The Morgan fingerprint density at radius 2 is 1.83 bits per heavy atom. The molecule has 0 aromatic heterocycles. The molecule has 1 N–H and O–H groups in total. The van der Waals surface area contributed by atoms with Gasteiger partial charge in [0.05, 0.1) is 0 Å². The van der Waals surface area contributed by atoms with Crippen molar-refractivity contribution in [1.82, 2.24) is 5.32 Å². The van der Waals surface area contributed by atoms with Crippen molar-refractivity contribution >= 4 is 0 Å². The molecule has 1 aliphatic rings. The van der Waals surface area contributed by atoms with Crippen LogP contribution in [0.3, 0.4) is 0 Å². The van der Waals surface area contributed by atoms with Crippen LogP contribution in [0.2, 0.25) is 0 Å². The number of hydrogen-bond acceptors (Lipinski definition) is 2. The average molecular weight is 247 g/mol. The van der Waals surface area contributed by atoms with Crippen LogP contribution in [0, 0.1) is 0 Å². The van der Waals surface area contributed by atoms with E-state index in [4.69, 9.17) is 4.74 Å². The molecule has 1 aromatic carbocycles. The van der Waals surface area contributed by atoms with Crippen LogP contribution in [0.4, 0.5) is 0 Å². The number of nitrogens with one attached hydrogen (secondary N) is 1. The molecule has 0 unspecified atom stereocenters. The van der Waals surface area contributed by atoms with E-state index in [-0.39, 0.29) is 5.54 Å². The molecule has 0 amide bonds. The first-order valence-electron chi connectivity index (χ1n) is 7.04. The molecule has 0 radical (unpaired) electrons. The monoisotopic (exact) mass is 247 g/mol. The molecule has 18 heavy (non-hydrogen) atoms. The van der Waals surface area contributed by atoms with Crippen LogP contribution in [0.15, 0.2) is 18.2 Å². The molecule has 2 nitrogen and oxygen atoms in total. The van der Waals surface area contributed by atoms with E-state index >= 15 is 0 Å². The summed E-state index contributed by atoms with van der Waals surface area (Å²) in [5.74, 6) is 1.02. The summed E-state index contributed by atoms with van der Waals surface area (Å²) in [5, 5.41) is 3.43. The summed E-state index contributed by atoms with van der Waals surface area (Å²) in [4.78, 5) is 0. The van der Waals surface area contributed by atoms with Gasteiger partial charge in [-0.05, 0) is 69.7 Å². The van der Waals surface area contributed by atoms with Crippen molar-refractivity contribution in [3.63, 3.8) is 0 Å². The summed E-state index contributed by atoms with van der Waals surface area (Å²) in [6.07, 6.45) is 5.11. The molecule has 2 heteroatoms. The molecular formula is C16H25NO. The number of rotatable bonds is 4. The summed E-state index contributed by atoms with van der Waals surface area (Å²) in [6.45, 7) is 8.14. The molecule has 0 heterocycles. The number of ether oxygens (including phenoxy) is 1. The molecule has 0 spiro atoms. The summed E-state index contributed by atoms with van der Waals surface area (Å²) in [6, 6.07) is 6.58. The van der Waals surface area contributed by atoms with Gasteiger partial charge >= 0.3 is 0 Å². The smallest absolute Gasteiger partial charge is 0.119 e. The van der Waals surface area contributed by atoms with Crippen LogP contribution < -0.4 is 10.1 Å². The van der Waals surface area contributed by atoms with Gasteiger partial charge in [-0.25, -0.2) is 0 Å². The standard InChI is InChI=1S/C16H25NO/c1-16(2,3)17-10-11-18-15-9-8-13-6-4-5-7-14(13)12-15/h8-9,12,17H,4-7,10-11H2,1-3H3. The lowest BCUT2D eigenvalue weighted by atomic mass is 9.92. The van der Waals surface area contributed by atoms with Crippen LogP contribution in [-0.4, -0.2) is 18.7 Å². The van der Waals surface area contributed by atoms with Gasteiger partial charge in [-0.15, -0.1) is 0 Å². The Kier molecular flexibility index (Phi) is 4.28. The second kappa shape index (κ2) is 5.75. The number of fused-ring (bicyclic) bond motifs is 1. The molecule has 0 bridgehead atoms. The third-order valence-corrected chi connectivity index (χ3v) is 3.35. The average Bonchev–Trinajstić information content (AvgIpc) is 2.33. The highest BCUT2D eigenvalue weighted by atomic mass is 16.5. The van der Waals surface area contributed by atoms with E-state index in [2.05, 4.69) is 44.3 Å². The van der Waals surface area contributed by atoms with E-state index in [1.807, 2.05) is 0 Å². The first kappa shape index (κ1) is 13.4. The second-order valence-electron chi connectivity index (χ2n) is 6.16. The number of hydrogen-bond donors (Lipinski definition) is 1. The third-order valence-electron chi connectivity index (χ3n) is 3.35. The molecule has 0 atom stereocenters. The molecule has 100 valence electrons. The topological polar surface area (TPSA) is 21.3 Å². The maximum atomic E-state index is 5.80. The predicted molar refractivity (Wildman–Crippen MR) is 76.3 cm³/mol. The van der Waals surface area contributed by atoms with E-state index in [9.17, 15) is 0 Å². The van der Waals surface area contributed by atoms with Crippen molar-refractivity contribution in [2.75, 3.05) is 13.2 Å². The fourth-order valence-corrected chi connectivity index (χ4v) is 2.39. The molecule has 0 saturated heterocycles. The molecule has 1 aliphatic carbocycles. The highest BCUT2D eigenvalue weighted by Crippen LogP contribution is 2.25. The van der Waals surface area contributed by atoms with E-state index in [0.717, 1.165) is 18.9 Å². The molecule has 2 rings (SSSR count). The van der Waals surface area contributed by atoms with Gasteiger partial charge in [0, 0.05) is 12.1 Å². The lowest BCUT2D eigenvalue weighted by molar-refractivity contribution is 0.290. The van der Waals surface area contributed by atoms with E-state index < -0.39 is 0 Å². The molecule has 0 aliphatic heterocycles. The lowest BCUT2D eigenvalue weighted by Crippen LogP contribution is -2.38. The maximum Gasteiger partial charge on any atom is 0.119 e. The highest BCUT2D eigenvalue weighted by Gasteiger charge is 2.10. The van der Waals surface area contributed by atoms with Crippen LogP contribution in [-0.2, 0) is 12.8 Å². The first-order chi connectivity index (χ1) is 8.54. The molecular weight excluding hydrogens is 222 g/mol. The number of benzene rings is 1. The fourth-order valence-electron chi connectivity index (χ4n) is 2.39. The van der Waals surface area contributed by atoms with E-state index in [1.165, 1.54) is 36.8 Å². The SMILES string of the molecule is CC(C)(C)NCCOc1ccc2c(c1)CCCC2. The van der Waals surface area contributed by atoms with Gasteiger partial charge in [0.15, 0.2) is 0 Å². The zero-order valence-electron chi connectivity index (χ0n) is 11.9. The number of aryl methyl sites for hydroxylation is 2. The predicted octanol–water partition coefficient (Wildman–Crippen LogP) is 3.33. The van der Waals surface area contributed by atoms with Crippen molar-refractivity contribution in [2.24, 2.45) is 0 Å². The van der Waals surface area contributed by atoms with Gasteiger partial charge in [-0.2, -0.15) is 0 Å². The van der Waals surface area contributed by atoms with Crippen LogP contribution in [0.1, 0.15) is 44.7 Å². The Morgan fingerprint density at radius 1 is 1.11 bits per heavy atom. The van der Waals surface area contributed by atoms with Crippen molar-refractivity contribution in [3.05, 3.63) is 29.3 Å². The summed E-state index contributed by atoms with van der Waals surface area (Å²) < 4.78 is 5.80. The van der Waals surface area contributed by atoms with Crippen molar-refractivity contribution in [1.29, 1.82) is 0 Å². The molecule has 0 fully saturated rings. The lowest BCUT2D eigenvalue weighted by Gasteiger charge is -2.21. The van der Waals surface area contributed by atoms with Gasteiger partial charge in [-0.3, -0.25) is 0 Å². The summed E-state index contributed by atoms with van der Waals surface area (Å²) in [5.41, 5.74) is 3.17. The Morgan fingerprint density at radius 3 is 2.56 bits per heavy atom. The Labute approximate surface area is 111 Å². The van der Waals surface area contributed by atoms with Gasteiger partial charge in [0.1, 0.15) is 12.4 Å². The van der Waals surface area contributed by atoms with Crippen LogP contribution in [0.25, 0.3) is 0 Å².